The van der Waals surface area contributed by atoms with Gasteiger partial charge in [-0.15, -0.1) is 0 Å². The van der Waals surface area contributed by atoms with Gasteiger partial charge in [-0.3, -0.25) is 0 Å². The molecule has 28 heavy (non-hydrogen) atoms. The quantitative estimate of drug-likeness (QED) is 0.796. The Labute approximate surface area is 171 Å². The molecule has 148 valence electrons. The van der Waals surface area contributed by atoms with E-state index in [0.29, 0.717) is 10.9 Å². The van der Waals surface area contributed by atoms with E-state index in [4.69, 9.17) is 16.7 Å². The lowest BCUT2D eigenvalue weighted by Gasteiger charge is -2.33. The largest absolute Gasteiger partial charge is 0.331 e. The molecule has 6 heteroatoms. The van der Waals surface area contributed by atoms with Gasteiger partial charge in [0, 0.05) is 43.3 Å². The first-order chi connectivity index (χ1) is 13.5. The fraction of sp³-hybridized carbons (Fsp3) is 0.364. The van der Waals surface area contributed by atoms with Crippen molar-refractivity contribution >= 4 is 29.8 Å². The molecule has 0 bridgehead atoms. The van der Waals surface area contributed by atoms with E-state index in [1.165, 1.54) is 0 Å². The first-order valence-corrected chi connectivity index (χ1v) is 9.94. The first kappa shape index (κ1) is 20.2. The average Bonchev–Trinajstić information content (AvgIpc) is 3.06. The van der Waals surface area contributed by atoms with Gasteiger partial charge in [-0.05, 0) is 44.0 Å². The highest BCUT2D eigenvalue weighted by molar-refractivity contribution is 6.30. The molecule has 2 aromatic rings. The summed E-state index contributed by atoms with van der Waals surface area (Å²) in [5.74, 6) is 0.310. The Kier molecular flexibility index (Phi) is 6.25. The normalized spacial score (nSPS) is 16.5. The van der Waals surface area contributed by atoms with Gasteiger partial charge in [0.15, 0.2) is 0 Å². The molecule has 0 atom stereocenters. The zero-order valence-electron chi connectivity index (χ0n) is 16.7. The van der Waals surface area contributed by atoms with Crippen molar-refractivity contribution in [3.63, 3.8) is 0 Å². The summed E-state index contributed by atoms with van der Waals surface area (Å²) in [6, 6.07) is 7.77. The Morgan fingerprint density at radius 3 is 2.43 bits per heavy atom. The van der Waals surface area contributed by atoms with Gasteiger partial charge in [0.1, 0.15) is 0 Å². The maximum Gasteiger partial charge on any atom is 0.319 e. The maximum atomic E-state index is 12.2. The molecule has 0 saturated carbocycles. The van der Waals surface area contributed by atoms with Crippen LogP contribution in [0.1, 0.15) is 31.4 Å². The van der Waals surface area contributed by atoms with Gasteiger partial charge in [-0.25, -0.2) is 9.48 Å². The van der Waals surface area contributed by atoms with Gasteiger partial charge in [-0.2, -0.15) is 5.10 Å². The van der Waals surface area contributed by atoms with Crippen LogP contribution in [-0.4, -0.2) is 52.8 Å². The van der Waals surface area contributed by atoms with Crippen molar-refractivity contribution in [2.45, 2.75) is 25.7 Å². The minimum atomic E-state index is 0.0746. The number of hydrogen-bond donors (Lipinski definition) is 0. The van der Waals surface area contributed by atoms with Crippen molar-refractivity contribution in [3.8, 4) is 5.69 Å². The summed E-state index contributed by atoms with van der Waals surface area (Å²) in [6.45, 7) is 7.39. The molecule has 2 heterocycles. The van der Waals surface area contributed by atoms with Crippen LogP contribution >= 0.6 is 11.6 Å². The van der Waals surface area contributed by atoms with Crippen molar-refractivity contribution in [3.05, 3.63) is 58.2 Å². The SMILES string of the molecule is C=C/C=c1/c(C2CCN(C(=O)N(C)C)CC2)nn(-c2ccc(Cl)cc2)/c1=C/C. The second-order valence-electron chi connectivity index (χ2n) is 7.20. The number of benzene rings is 1. The molecular weight excluding hydrogens is 372 g/mol. The van der Waals surface area contributed by atoms with Crippen LogP contribution in [0.15, 0.2) is 36.9 Å². The minimum absolute atomic E-state index is 0.0746. The topological polar surface area (TPSA) is 41.4 Å². The third-order valence-electron chi connectivity index (χ3n) is 5.15. The van der Waals surface area contributed by atoms with E-state index in [0.717, 1.165) is 47.9 Å². The number of aromatic nitrogens is 2. The number of allylic oxidation sites excluding steroid dienone is 1. The van der Waals surface area contributed by atoms with Gasteiger partial charge in [0.2, 0.25) is 0 Å². The lowest BCUT2D eigenvalue weighted by Crippen LogP contribution is -2.44. The van der Waals surface area contributed by atoms with Crippen molar-refractivity contribution in [2.24, 2.45) is 0 Å². The van der Waals surface area contributed by atoms with Crippen LogP contribution in [0.25, 0.3) is 17.8 Å². The first-order valence-electron chi connectivity index (χ1n) is 9.56. The molecule has 0 N–H and O–H groups in total. The van der Waals surface area contributed by atoms with Crippen molar-refractivity contribution in [2.75, 3.05) is 27.2 Å². The summed E-state index contributed by atoms with van der Waals surface area (Å²) in [7, 11) is 3.59. The monoisotopic (exact) mass is 398 g/mol. The fourth-order valence-electron chi connectivity index (χ4n) is 3.73. The number of halogens is 1. The van der Waals surface area contributed by atoms with E-state index >= 15 is 0 Å². The lowest BCUT2D eigenvalue weighted by atomic mass is 9.92. The predicted octanol–water partition coefficient (Wildman–Crippen LogP) is 3.15. The number of carbonyl (C=O) groups is 1. The molecule has 3 rings (SSSR count). The summed E-state index contributed by atoms with van der Waals surface area (Å²) < 4.78 is 1.97. The molecule has 0 unspecified atom stereocenters. The van der Waals surface area contributed by atoms with Gasteiger partial charge >= 0.3 is 6.03 Å². The van der Waals surface area contributed by atoms with Crippen LogP contribution < -0.4 is 10.6 Å². The van der Waals surface area contributed by atoms with Crippen LogP contribution in [-0.2, 0) is 0 Å². The van der Waals surface area contributed by atoms with Crippen LogP contribution in [0.3, 0.4) is 0 Å². The van der Waals surface area contributed by atoms with Crippen molar-refractivity contribution in [1.29, 1.82) is 0 Å². The van der Waals surface area contributed by atoms with E-state index < -0.39 is 0 Å². The Morgan fingerprint density at radius 2 is 1.89 bits per heavy atom. The zero-order valence-corrected chi connectivity index (χ0v) is 17.5. The summed E-state index contributed by atoms with van der Waals surface area (Å²) in [5.41, 5.74) is 2.04. The second-order valence-corrected chi connectivity index (χ2v) is 7.64. The highest BCUT2D eigenvalue weighted by Gasteiger charge is 2.27. The smallest absolute Gasteiger partial charge is 0.319 e. The third-order valence-corrected chi connectivity index (χ3v) is 5.40. The fourth-order valence-corrected chi connectivity index (χ4v) is 3.86. The number of hydrogen-bond acceptors (Lipinski definition) is 2. The van der Waals surface area contributed by atoms with Crippen LogP contribution in [0, 0.1) is 0 Å². The number of urea groups is 1. The highest BCUT2D eigenvalue weighted by Crippen LogP contribution is 2.25. The van der Waals surface area contributed by atoms with Crippen LogP contribution in [0.2, 0.25) is 5.02 Å². The molecule has 2 amide bonds. The number of piperidine rings is 1. The van der Waals surface area contributed by atoms with Gasteiger partial charge in [0.05, 0.1) is 16.7 Å². The highest BCUT2D eigenvalue weighted by atomic mass is 35.5. The summed E-state index contributed by atoms with van der Waals surface area (Å²) >= 11 is 6.05. The predicted molar refractivity (Wildman–Crippen MR) is 115 cm³/mol. The Bertz CT molecular complexity index is 967. The third kappa shape index (κ3) is 3.99. The van der Waals surface area contributed by atoms with Gasteiger partial charge < -0.3 is 9.80 Å². The average molecular weight is 399 g/mol. The maximum absolute atomic E-state index is 12.2. The molecule has 1 fully saturated rings. The van der Waals surface area contributed by atoms with E-state index in [1.807, 2.05) is 52.9 Å². The van der Waals surface area contributed by atoms with Crippen LogP contribution in [0.4, 0.5) is 4.79 Å². The molecule has 5 nitrogen and oxygen atoms in total. The molecule has 0 spiro atoms. The Morgan fingerprint density at radius 1 is 1.25 bits per heavy atom. The molecule has 1 aromatic heterocycles. The summed E-state index contributed by atoms with van der Waals surface area (Å²) in [6.07, 6.45) is 7.72. The summed E-state index contributed by atoms with van der Waals surface area (Å²) in [5, 5.41) is 7.83. The van der Waals surface area contributed by atoms with E-state index in [9.17, 15) is 4.79 Å². The molecule has 1 aliphatic heterocycles. The Hall–Kier alpha value is -2.53. The van der Waals surface area contributed by atoms with Gasteiger partial charge in [0.25, 0.3) is 0 Å². The molecule has 0 aliphatic carbocycles. The molecule has 1 aromatic carbocycles. The molecule has 0 radical (unpaired) electrons. The molecule has 1 aliphatic rings. The number of carbonyl (C=O) groups excluding carboxylic acids is 1. The van der Waals surface area contributed by atoms with Crippen LogP contribution in [0.5, 0.6) is 0 Å². The summed E-state index contributed by atoms with van der Waals surface area (Å²) in [4.78, 5) is 15.8. The zero-order chi connectivity index (χ0) is 20.3. The number of likely N-dealkylation sites (tertiary alicyclic amines) is 1. The standard InChI is InChI=1S/C22H27ClN4O/c1-5-7-19-20(6-2)27(18-10-8-17(23)9-11-18)24-21(19)16-12-14-26(15-13-16)22(28)25(3)4/h5-11,16H,1,12-15H2,2-4H3/b19-7+,20-6+. The number of amides is 2. The molecular formula is C22H27ClN4O. The van der Waals surface area contributed by atoms with Gasteiger partial charge in [-0.1, -0.05) is 36.4 Å². The number of nitrogens with zero attached hydrogens (tertiary/aromatic N) is 4. The second kappa shape index (κ2) is 8.65. The van der Waals surface area contributed by atoms with Crippen molar-refractivity contribution < 1.29 is 4.79 Å². The molecule has 1 saturated heterocycles. The van der Waals surface area contributed by atoms with E-state index in [2.05, 4.69) is 12.7 Å². The Balaban J connectivity index is 1.98. The lowest BCUT2D eigenvalue weighted by molar-refractivity contribution is 0.156. The van der Waals surface area contributed by atoms with Crippen molar-refractivity contribution in [1.82, 2.24) is 19.6 Å². The van der Waals surface area contributed by atoms with E-state index in [-0.39, 0.29) is 6.03 Å². The minimum Gasteiger partial charge on any atom is -0.331 e. The van der Waals surface area contributed by atoms with E-state index in [1.54, 1.807) is 19.0 Å². The number of rotatable bonds is 3.